The van der Waals surface area contributed by atoms with Crippen molar-refractivity contribution in [3.05, 3.63) is 69.9 Å². The summed E-state index contributed by atoms with van der Waals surface area (Å²) in [6.45, 7) is 3.54. The van der Waals surface area contributed by atoms with E-state index in [2.05, 4.69) is 22.3 Å². The van der Waals surface area contributed by atoms with Crippen LogP contribution in [0.3, 0.4) is 0 Å². The Morgan fingerprint density at radius 3 is 2.71 bits per heavy atom. The Bertz CT molecular complexity index is 1090. The number of benzene rings is 2. The third-order valence-electron chi connectivity index (χ3n) is 6.46. The van der Waals surface area contributed by atoms with Crippen molar-refractivity contribution < 1.29 is 13.9 Å². The molecule has 5 nitrogen and oxygen atoms in total. The molecule has 6 heteroatoms. The quantitative estimate of drug-likeness (QED) is 0.623. The van der Waals surface area contributed by atoms with E-state index in [-0.39, 0.29) is 11.9 Å². The first-order valence-electron chi connectivity index (χ1n) is 11.0. The van der Waals surface area contributed by atoms with Crippen LogP contribution in [0.1, 0.15) is 34.7 Å². The van der Waals surface area contributed by atoms with Crippen molar-refractivity contribution in [2.75, 3.05) is 32.8 Å². The third kappa shape index (κ3) is 4.36. The number of ether oxygens (including phenoxy) is 1. The van der Waals surface area contributed by atoms with Crippen molar-refractivity contribution >= 4 is 28.5 Å². The molecular weight excluding hydrogens is 412 g/mol. The summed E-state index contributed by atoms with van der Waals surface area (Å²) in [7, 11) is 0. The van der Waals surface area contributed by atoms with Gasteiger partial charge in [-0.15, -0.1) is 0 Å². The minimum atomic E-state index is -0.00601. The lowest BCUT2D eigenvalue weighted by atomic mass is 10.0. The van der Waals surface area contributed by atoms with Crippen LogP contribution in [0.5, 0.6) is 0 Å². The highest BCUT2D eigenvalue weighted by molar-refractivity contribution is 6.31. The summed E-state index contributed by atoms with van der Waals surface area (Å²) < 4.78 is 11.3. The van der Waals surface area contributed by atoms with Gasteiger partial charge in [0.2, 0.25) is 5.91 Å². The van der Waals surface area contributed by atoms with E-state index in [9.17, 15) is 4.79 Å². The van der Waals surface area contributed by atoms with Gasteiger partial charge in [-0.2, -0.15) is 0 Å². The molecule has 3 aromatic rings. The van der Waals surface area contributed by atoms with Gasteiger partial charge in [-0.25, -0.2) is 0 Å². The first-order chi connectivity index (χ1) is 15.2. The highest BCUT2D eigenvalue weighted by Gasteiger charge is 2.25. The molecule has 1 N–H and O–H groups in total. The number of furan rings is 1. The van der Waals surface area contributed by atoms with Gasteiger partial charge in [-0.05, 0) is 54.2 Å². The number of nitrogens with zero attached hydrogens (tertiary/aromatic N) is 1. The lowest BCUT2D eigenvalue weighted by molar-refractivity contribution is -0.120. The highest BCUT2D eigenvalue weighted by Crippen LogP contribution is 2.31. The zero-order valence-corrected chi connectivity index (χ0v) is 18.3. The van der Waals surface area contributed by atoms with Crippen LogP contribution >= 0.6 is 11.6 Å². The fraction of sp³-hybridized carbons (Fsp3) is 0.400. The molecule has 2 heterocycles. The first kappa shape index (κ1) is 20.6. The van der Waals surface area contributed by atoms with Crippen LogP contribution in [0.25, 0.3) is 11.0 Å². The van der Waals surface area contributed by atoms with Crippen molar-refractivity contribution in [3.8, 4) is 0 Å². The zero-order chi connectivity index (χ0) is 21.2. The van der Waals surface area contributed by atoms with Gasteiger partial charge in [-0.3, -0.25) is 9.69 Å². The van der Waals surface area contributed by atoms with Gasteiger partial charge in [0.25, 0.3) is 0 Å². The molecule has 1 aromatic heterocycles. The lowest BCUT2D eigenvalue weighted by Gasteiger charge is -2.35. The molecule has 0 spiro atoms. The Kier molecular flexibility index (Phi) is 5.99. The van der Waals surface area contributed by atoms with Gasteiger partial charge in [0.15, 0.2) is 0 Å². The first-order valence-corrected chi connectivity index (χ1v) is 11.4. The van der Waals surface area contributed by atoms with Crippen LogP contribution in [-0.4, -0.2) is 43.7 Å². The van der Waals surface area contributed by atoms with Crippen molar-refractivity contribution in [3.63, 3.8) is 0 Å². The molecule has 1 unspecified atom stereocenters. The average molecular weight is 439 g/mol. The standard InChI is InChI=1S/C25H27ClN2O3/c26-22-7-2-1-6-20(22)23(28-8-10-30-11-9-28)15-27-25(29)14-19-16-31-24-13-18-5-3-4-17(18)12-21(19)24/h1-2,6-7,12-13,16,23H,3-5,8-11,14-15H2,(H,27,29). The number of nitrogens with one attached hydrogen (secondary N) is 1. The van der Waals surface area contributed by atoms with Crippen LogP contribution in [0.2, 0.25) is 5.02 Å². The number of hydrogen-bond acceptors (Lipinski definition) is 4. The molecule has 162 valence electrons. The predicted octanol–water partition coefficient (Wildman–Crippen LogP) is 4.31. The molecule has 31 heavy (non-hydrogen) atoms. The lowest BCUT2D eigenvalue weighted by Crippen LogP contribution is -2.44. The topological polar surface area (TPSA) is 54.7 Å². The van der Waals surface area contributed by atoms with Crippen molar-refractivity contribution in [2.24, 2.45) is 0 Å². The van der Waals surface area contributed by atoms with E-state index in [0.29, 0.717) is 26.2 Å². The maximum absolute atomic E-state index is 12.9. The summed E-state index contributed by atoms with van der Waals surface area (Å²) in [4.78, 5) is 15.2. The maximum Gasteiger partial charge on any atom is 0.224 e. The summed E-state index contributed by atoms with van der Waals surface area (Å²) in [5.41, 5.74) is 5.64. The van der Waals surface area contributed by atoms with Crippen LogP contribution in [-0.2, 0) is 28.8 Å². The van der Waals surface area contributed by atoms with Crippen molar-refractivity contribution in [1.82, 2.24) is 10.2 Å². The highest BCUT2D eigenvalue weighted by atomic mass is 35.5. The number of hydrogen-bond donors (Lipinski definition) is 1. The number of aryl methyl sites for hydroxylation is 2. The Labute approximate surface area is 187 Å². The number of fused-ring (bicyclic) bond motifs is 2. The second kappa shape index (κ2) is 9.03. The van der Waals surface area contributed by atoms with Gasteiger partial charge in [-0.1, -0.05) is 29.8 Å². The Hall–Kier alpha value is -2.34. The SMILES string of the molecule is O=C(Cc1coc2cc3c(cc12)CCC3)NCC(c1ccccc1Cl)N1CCOCC1. The van der Waals surface area contributed by atoms with Crippen LogP contribution < -0.4 is 5.32 Å². The number of carbonyl (C=O) groups is 1. The monoisotopic (exact) mass is 438 g/mol. The number of rotatable bonds is 6. The Morgan fingerprint density at radius 1 is 1.13 bits per heavy atom. The summed E-state index contributed by atoms with van der Waals surface area (Å²) in [5.74, 6) is -0.00601. The van der Waals surface area contributed by atoms with Gasteiger partial charge < -0.3 is 14.5 Å². The van der Waals surface area contributed by atoms with E-state index in [4.69, 9.17) is 20.8 Å². The second-order valence-electron chi connectivity index (χ2n) is 8.40. The van der Waals surface area contributed by atoms with E-state index in [0.717, 1.165) is 53.0 Å². The summed E-state index contributed by atoms with van der Waals surface area (Å²) in [6.07, 6.45) is 5.47. The predicted molar refractivity (Wildman–Crippen MR) is 122 cm³/mol. The third-order valence-corrected chi connectivity index (χ3v) is 6.81. The fourth-order valence-corrected chi connectivity index (χ4v) is 5.06. The zero-order valence-electron chi connectivity index (χ0n) is 17.5. The van der Waals surface area contributed by atoms with E-state index in [1.54, 1.807) is 6.26 Å². The second-order valence-corrected chi connectivity index (χ2v) is 8.81. The summed E-state index contributed by atoms with van der Waals surface area (Å²) in [6, 6.07) is 12.2. The summed E-state index contributed by atoms with van der Waals surface area (Å²) >= 11 is 6.50. The molecule has 0 bridgehead atoms. The Morgan fingerprint density at radius 2 is 1.90 bits per heavy atom. The molecule has 1 saturated heterocycles. The molecule has 1 aliphatic carbocycles. The molecule has 1 amide bonds. The average Bonchev–Trinajstić information content (AvgIpc) is 3.41. The molecule has 0 radical (unpaired) electrons. The smallest absolute Gasteiger partial charge is 0.224 e. The molecule has 0 saturated carbocycles. The molecule has 5 rings (SSSR count). The molecule has 1 fully saturated rings. The van der Waals surface area contributed by atoms with E-state index < -0.39 is 0 Å². The fourth-order valence-electron chi connectivity index (χ4n) is 4.80. The normalized spacial score (nSPS) is 17.6. The van der Waals surface area contributed by atoms with Crippen LogP contribution in [0.4, 0.5) is 0 Å². The minimum Gasteiger partial charge on any atom is -0.464 e. The summed E-state index contributed by atoms with van der Waals surface area (Å²) in [5, 5.41) is 4.93. The van der Waals surface area contributed by atoms with Crippen LogP contribution in [0, 0.1) is 0 Å². The van der Waals surface area contributed by atoms with E-state index in [1.165, 1.54) is 17.5 Å². The molecule has 2 aromatic carbocycles. The number of amides is 1. The molecule has 1 atom stereocenters. The minimum absolute atomic E-state index is 0.00601. The van der Waals surface area contributed by atoms with E-state index >= 15 is 0 Å². The van der Waals surface area contributed by atoms with Gasteiger partial charge >= 0.3 is 0 Å². The largest absolute Gasteiger partial charge is 0.464 e. The Balaban J connectivity index is 1.30. The number of morpholine rings is 1. The molecule has 1 aliphatic heterocycles. The van der Waals surface area contributed by atoms with Gasteiger partial charge in [0.05, 0.1) is 31.9 Å². The molecule has 2 aliphatic rings. The van der Waals surface area contributed by atoms with Gasteiger partial charge in [0.1, 0.15) is 5.58 Å². The van der Waals surface area contributed by atoms with Crippen LogP contribution in [0.15, 0.2) is 47.1 Å². The van der Waals surface area contributed by atoms with Gasteiger partial charge in [0, 0.05) is 35.6 Å². The maximum atomic E-state index is 12.9. The number of carbonyl (C=O) groups excluding carboxylic acids is 1. The van der Waals surface area contributed by atoms with Crippen molar-refractivity contribution in [2.45, 2.75) is 31.7 Å². The number of halogens is 1. The molecular formula is C25H27ClN2O3. The van der Waals surface area contributed by atoms with E-state index in [1.807, 2.05) is 24.3 Å². The van der Waals surface area contributed by atoms with Crippen molar-refractivity contribution in [1.29, 1.82) is 0 Å².